The van der Waals surface area contributed by atoms with Gasteiger partial charge in [-0.25, -0.2) is 13.8 Å². The zero-order valence-corrected chi connectivity index (χ0v) is 12.3. The molecule has 2 N–H and O–H groups in total. The summed E-state index contributed by atoms with van der Waals surface area (Å²) in [5, 5.41) is 19.2. The van der Waals surface area contributed by atoms with Crippen LogP contribution in [0, 0.1) is 11.6 Å². The predicted molar refractivity (Wildman–Crippen MR) is 75.7 cm³/mol. The predicted octanol–water partition coefficient (Wildman–Crippen LogP) is 2.33. The van der Waals surface area contributed by atoms with Crippen LogP contribution in [0.2, 0.25) is 0 Å². The average Bonchev–Trinajstić information content (AvgIpc) is 2.80. The maximum Gasteiger partial charge on any atom is 0.168 e. The zero-order chi connectivity index (χ0) is 15.4. The van der Waals surface area contributed by atoms with Gasteiger partial charge in [0.2, 0.25) is 0 Å². The highest BCUT2D eigenvalue weighted by molar-refractivity contribution is 7.98. The van der Waals surface area contributed by atoms with Crippen LogP contribution in [0.4, 0.5) is 8.78 Å². The fourth-order valence-electron chi connectivity index (χ4n) is 1.90. The first kappa shape index (κ1) is 15.9. The van der Waals surface area contributed by atoms with Crippen LogP contribution < -0.4 is 0 Å². The number of aliphatic hydroxyl groups excluding tert-OH is 2. The summed E-state index contributed by atoms with van der Waals surface area (Å²) >= 11 is 1.16. The number of benzene rings is 1. The van der Waals surface area contributed by atoms with E-state index in [4.69, 9.17) is 0 Å². The van der Waals surface area contributed by atoms with Crippen molar-refractivity contribution >= 4 is 11.8 Å². The van der Waals surface area contributed by atoms with Crippen molar-refractivity contribution in [3.05, 3.63) is 47.3 Å². The van der Waals surface area contributed by atoms with E-state index in [1.807, 2.05) is 0 Å². The van der Waals surface area contributed by atoms with E-state index in [-0.39, 0.29) is 24.5 Å². The average molecular weight is 314 g/mol. The molecule has 0 spiro atoms. The molecule has 1 aromatic heterocycles. The Hall–Kier alpha value is -1.44. The van der Waals surface area contributed by atoms with Crippen LogP contribution in [-0.2, 0) is 18.9 Å². The van der Waals surface area contributed by atoms with Crippen molar-refractivity contribution in [2.24, 2.45) is 0 Å². The number of thioether (sulfide) groups is 1. The number of hydrogen-bond donors (Lipinski definition) is 2. The molecule has 1 aromatic carbocycles. The molecule has 2 rings (SSSR count). The van der Waals surface area contributed by atoms with Crippen molar-refractivity contribution in [1.82, 2.24) is 9.55 Å². The lowest BCUT2D eigenvalue weighted by molar-refractivity contribution is 0.165. The summed E-state index contributed by atoms with van der Waals surface area (Å²) in [5.41, 5.74) is 0.534. The van der Waals surface area contributed by atoms with Gasteiger partial charge in [0.1, 0.15) is 11.6 Å². The van der Waals surface area contributed by atoms with Gasteiger partial charge in [-0.1, -0.05) is 17.8 Å². The molecule has 114 valence electrons. The monoisotopic (exact) mass is 314 g/mol. The van der Waals surface area contributed by atoms with E-state index in [2.05, 4.69) is 4.98 Å². The molecule has 0 saturated carbocycles. The molecule has 0 bridgehead atoms. The molecule has 1 heterocycles. The van der Waals surface area contributed by atoms with Gasteiger partial charge in [-0.3, -0.25) is 0 Å². The van der Waals surface area contributed by atoms with Crippen LogP contribution in [0.25, 0.3) is 0 Å². The molecule has 7 heteroatoms. The van der Waals surface area contributed by atoms with Crippen molar-refractivity contribution in [2.75, 3.05) is 0 Å². The summed E-state index contributed by atoms with van der Waals surface area (Å²) in [5.74, 6) is -1.11. The van der Waals surface area contributed by atoms with Crippen LogP contribution in [0.3, 0.4) is 0 Å². The third-order valence-electron chi connectivity index (χ3n) is 2.92. The SMILES string of the molecule is C[C@@H](O)Cn1c(CO)cnc1SCc1c(F)cccc1F. The topological polar surface area (TPSA) is 58.3 Å². The van der Waals surface area contributed by atoms with E-state index in [0.29, 0.717) is 10.9 Å². The molecule has 0 unspecified atom stereocenters. The molecule has 0 amide bonds. The van der Waals surface area contributed by atoms with Gasteiger partial charge >= 0.3 is 0 Å². The number of halogens is 2. The number of hydrogen-bond acceptors (Lipinski definition) is 4. The van der Waals surface area contributed by atoms with Crippen LogP contribution in [0.1, 0.15) is 18.2 Å². The highest BCUT2D eigenvalue weighted by atomic mass is 32.2. The lowest BCUT2D eigenvalue weighted by atomic mass is 10.2. The van der Waals surface area contributed by atoms with Crippen molar-refractivity contribution in [3.63, 3.8) is 0 Å². The normalized spacial score (nSPS) is 12.6. The lowest BCUT2D eigenvalue weighted by Gasteiger charge is -2.12. The highest BCUT2D eigenvalue weighted by Gasteiger charge is 2.14. The highest BCUT2D eigenvalue weighted by Crippen LogP contribution is 2.26. The van der Waals surface area contributed by atoms with Gasteiger partial charge in [-0.05, 0) is 19.1 Å². The minimum absolute atomic E-state index is 0.0142. The van der Waals surface area contributed by atoms with Gasteiger partial charge in [0.25, 0.3) is 0 Å². The first-order chi connectivity index (χ1) is 10.0. The Balaban J connectivity index is 2.18. The van der Waals surface area contributed by atoms with E-state index in [9.17, 15) is 19.0 Å². The molecule has 21 heavy (non-hydrogen) atoms. The Morgan fingerprint density at radius 1 is 1.33 bits per heavy atom. The van der Waals surface area contributed by atoms with E-state index in [0.717, 1.165) is 11.8 Å². The summed E-state index contributed by atoms with van der Waals surface area (Å²) in [7, 11) is 0. The quantitative estimate of drug-likeness (QED) is 0.804. The summed E-state index contributed by atoms with van der Waals surface area (Å²) in [6, 6.07) is 3.73. The number of aliphatic hydroxyl groups is 2. The number of aromatic nitrogens is 2. The molecule has 4 nitrogen and oxygen atoms in total. The second-order valence-electron chi connectivity index (χ2n) is 4.64. The maximum atomic E-state index is 13.6. The summed E-state index contributed by atoms with van der Waals surface area (Å²) in [4.78, 5) is 4.12. The van der Waals surface area contributed by atoms with E-state index < -0.39 is 17.7 Å². The number of nitrogens with zero attached hydrogens (tertiary/aromatic N) is 2. The molecular weight excluding hydrogens is 298 g/mol. The van der Waals surface area contributed by atoms with Gasteiger partial charge in [0.05, 0.1) is 31.1 Å². The third kappa shape index (κ3) is 3.81. The van der Waals surface area contributed by atoms with Crippen LogP contribution in [-0.4, -0.2) is 25.9 Å². The van der Waals surface area contributed by atoms with Gasteiger partial charge in [0.15, 0.2) is 5.16 Å². The Morgan fingerprint density at radius 3 is 2.57 bits per heavy atom. The molecule has 0 saturated heterocycles. The molecule has 2 aromatic rings. The minimum atomic E-state index is -0.617. The van der Waals surface area contributed by atoms with Crippen LogP contribution in [0.5, 0.6) is 0 Å². The smallest absolute Gasteiger partial charge is 0.168 e. The second-order valence-corrected chi connectivity index (χ2v) is 5.58. The molecule has 0 aliphatic carbocycles. The minimum Gasteiger partial charge on any atom is -0.392 e. The van der Waals surface area contributed by atoms with Gasteiger partial charge in [0, 0.05) is 11.3 Å². The third-order valence-corrected chi connectivity index (χ3v) is 3.93. The van der Waals surface area contributed by atoms with Gasteiger partial charge in [-0.2, -0.15) is 0 Å². The molecule has 0 aliphatic rings. The maximum absolute atomic E-state index is 13.6. The van der Waals surface area contributed by atoms with Crippen molar-refractivity contribution in [3.8, 4) is 0 Å². The Morgan fingerprint density at radius 2 is 2.00 bits per heavy atom. The zero-order valence-electron chi connectivity index (χ0n) is 11.5. The van der Waals surface area contributed by atoms with Crippen molar-refractivity contribution in [1.29, 1.82) is 0 Å². The van der Waals surface area contributed by atoms with Gasteiger partial charge in [-0.15, -0.1) is 0 Å². The van der Waals surface area contributed by atoms with Crippen molar-refractivity contribution in [2.45, 2.75) is 37.1 Å². The molecule has 0 radical (unpaired) electrons. The molecule has 1 atom stereocenters. The van der Waals surface area contributed by atoms with E-state index in [1.54, 1.807) is 11.5 Å². The lowest BCUT2D eigenvalue weighted by Crippen LogP contribution is -2.15. The first-order valence-corrected chi connectivity index (χ1v) is 7.40. The molecule has 0 aliphatic heterocycles. The van der Waals surface area contributed by atoms with Crippen LogP contribution >= 0.6 is 11.8 Å². The Labute approximate surface area is 125 Å². The fraction of sp³-hybridized carbons (Fsp3) is 0.357. The van der Waals surface area contributed by atoms with E-state index >= 15 is 0 Å². The van der Waals surface area contributed by atoms with Crippen molar-refractivity contribution < 1.29 is 19.0 Å². The van der Waals surface area contributed by atoms with E-state index in [1.165, 1.54) is 24.4 Å². The summed E-state index contributed by atoms with van der Waals surface area (Å²) < 4.78 is 28.8. The second kappa shape index (κ2) is 7.02. The summed E-state index contributed by atoms with van der Waals surface area (Å²) in [6.45, 7) is 1.67. The largest absolute Gasteiger partial charge is 0.392 e. The Bertz CT molecular complexity index is 597. The molecule has 0 fully saturated rings. The first-order valence-electron chi connectivity index (χ1n) is 6.42. The fourth-order valence-corrected chi connectivity index (χ4v) is 2.92. The van der Waals surface area contributed by atoms with Gasteiger partial charge < -0.3 is 14.8 Å². The standard InChI is InChI=1S/C14H16F2N2O2S/c1-9(20)6-18-10(7-19)5-17-14(18)21-8-11-12(15)3-2-4-13(11)16/h2-5,9,19-20H,6-8H2,1H3/t9-/m1/s1. The molecular formula is C14H16F2N2O2S. The summed E-state index contributed by atoms with van der Waals surface area (Å²) in [6.07, 6.45) is 0.872. The Kier molecular flexibility index (Phi) is 5.33. The van der Waals surface area contributed by atoms with Crippen LogP contribution in [0.15, 0.2) is 29.6 Å². The number of imidazole rings is 1. The number of rotatable bonds is 6.